The minimum absolute atomic E-state index is 0.0494. The van der Waals surface area contributed by atoms with Crippen LogP contribution in [0.4, 0.5) is 4.39 Å². The maximum absolute atomic E-state index is 13.2. The minimum atomic E-state index is -0.276. The zero-order chi connectivity index (χ0) is 23.9. The van der Waals surface area contributed by atoms with Gasteiger partial charge in [-0.05, 0) is 67.4 Å². The Hall–Kier alpha value is -3.30. The highest BCUT2D eigenvalue weighted by molar-refractivity contribution is 7.99. The summed E-state index contributed by atoms with van der Waals surface area (Å²) < 4.78 is 18.3. The number of aryl methyl sites for hydroxylation is 1. The minimum Gasteiger partial charge on any atom is -0.497 e. The molecule has 0 spiro atoms. The fourth-order valence-corrected chi connectivity index (χ4v) is 4.88. The van der Waals surface area contributed by atoms with Crippen LogP contribution < -0.4 is 10.1 Å². The van der Waals surface area contributed by atoms with Crippen molar-refractivity contribution in [2.75, 3.05) is 19.4 Å². The van der Waals surface area contributed by atoms with Crippen molar-refractivity contribution >= 4 is 29.0 Å². The van der Waals surface area contributed by atoms with Crippen molar-refractivity contribution in [3.63, 3.8) is 0 Å². The Morgan fingerprint density at radius 2 is 1.82 bits per heavy atom. The van der Waals surface area contributed by atoms with E-state index in [0.29, 0.717) is 11.6 Å². The predicted molar refractivity (Wildman–Crippen MR) is 134 cm³/mol. The third kappa shape index (κ3) is 6.18. The van der Waals surface area contributed by atoms with Gasteiger partial charge in [0.1, 0.15) is 27.3 Å². The molecule has 1 N–H and O–H groups in total. The number of nitrogens with zero attached hydrogens (tertiary/aromatic N) is 3. The Morgan fingerprint density at radius 1 is 1.06 bits per heavy atom. The number of carbonyl (C=O) groups is 1. The second-order valence-electron chi connectivity index (χ2n) is 7.43. The summed E-state index contributed by atoms with van der Waals surface area (Å²) in [6.45, 7) is 2.48. The zero-order valence-electron chi connectivity index (χ0n) is 18.7. The van der Waals surface area contributed by atoms with Crippen molar-refractivity contribution in [2.24, 2.45) is 0 Å². The first-order chi connectivity index (χ1) is 16.5. The molecule has 0 atom stereocenters. The quantitative estimate of drug-likeness (QED) is 0.323. The highest BCUT2D eigenvalue weighted by atomic mass is 32.2. The first-order valence-electron chi connectivity index (χ1n) is 10.6. The molecule has 4 rings (SSSR count). The molecule has 34 heavy (non-hydrogen) atoms. The SMILES string of the molecule is COc1ccc(CCNC(=O)CSc2ccc(-c3sc(-c4ccc(F)cc4)nc3C)nn2)cc1. The van der Waals surface area contributed by atoms with Gasteiger partial charge in [0.25, 0.3) is 0 Å². The summed E-state index contributed by atoms with van der Waals surface area (Å²) in [5.74, 6) is 0.759. The van der Waals surface area contributed by atoms with E-state index in [1.54, 1.807) is 19.2 Å². The average molecular weight is 495 g/mol. The van der Waals surface area contributed by atoms with Gasteiger partial charge in [-0.3, -0.25) is 4.79 Å². The molecule has 0 aliphatic carbocycles. The Bertz CT molecular complexity index is 1240. The smallest absolute Gasteiger partial charge is 0.230 e. The van der Waals surface area contributed by atoms with Gasteiger partial charge in [0.05, 0.1) is 23.4 Å². The molecule has 2 aromatic carbocycles. The van der Waals surface area contributed by atoms with E-state index >= 15 is 0 Å². The van der Waals surface area contributed by atoms with Gasteiger partial charge >= 0.3 is 0 Å². The standard InChI is InChI=1S/C25H23FN4O2S2/c1-16-24(34-25(28-16)18-5-7-19(26)8-6-18)21-11-12-23(30-29-21)33-15-22(31)27-14-13-17-3-9-20(32-2)10-4-17/h3-12H,13-15H2,1-2H3,(H,27,31). The van der Waals surface area contributed by atoms with E-state index in [1.165, 1.54) is 35.2 Å². The Balaban J connectivity index is 1.28. The van der Waals surface area contributed by atoms with Crippen LogP contribution in [-0.2, 0) is 11.2 Å². The molecule has 0 saturated heterocycles. The van der Waals surface area contributed by atoms with Gasteiger partial charge in [0.15, 0.2) is 0 Å². The average Bonchev–Trinajstić information content (AvgIpc) is 3.25. The molecule has 0 fully saturated rings. The van der Waals surface area contributed by atoms with Crippen molar-refractivity contribution < 1.29 is 13.9 Å². The van der Waals surface area contributed by atoms with Crippen LogP contribution in [0.2, 0.25) is 0 Å². The summed E-state index contributed by atoms with van der Waals surface area (Å²) >= 11 is 2.83. The molecule has 9 heteroatoms. The molecule has 2 aromatic heterocycles. The Labute approximate surface area is 205 Å². The number of rotatable bonds is 9. The molecule has 0 radical (unpaired) electrons. The second-order valence-corrected chi connectivity index (χ2v) is 9.43. The summed E-state index contributed by atoms with van der Waals surface area (Å²) in [4.78, 5) is 17.7. The van der Waals surface area contributed by atoms with Crippen LogP contribution in [0, 0.1) is 12.7 Å². The van der Waals surface area contributed by atoms with Gasteiger partial charge in [-0.15, -0.1) is 21.5 Å². The molecular weight excluding hydrogens is 471 g/mol. The summed E-state index contributed by atoms with van der Waals surface area (Å²) in [5.41, 5.74) is 3.56. The topological polar surface area (TPSA) is 77.0 Å². The van der Waals surface area contributed by atoms with Crippen LogP contribution in [0.1, 0.15) is 11.3 Å². The van der Waals surface area contributed by atoms with Crippen LogP contribution in [0.3, 0.4) is 0 Å². The van der Waals surface area contributed by atoms with Gasteiger partial charge in [-0.2, -0.15) is 0 Å². The highest BCUT2D eigenvalue weighted by Crippen LogP contribution is 2.34. The Kier molecular flexibility index (Phi) is 7.87. The highest BCUT2D eigenvalue weighted by Gasteiger charge is 2.13. The number of nitrogens with one attached hydrogen (secondary N) is 1. The van der Waals surface area contributed by atoms with E-state index in [0.717, 1.165) is 44.6 Å². The third-order valence-corrected chi connectivity index (χ3v) is 7.16. The number of methoxy groups -OCH3 is 1. The number of hydrogen-bond acceptors (Lipinski definition) is 7. The lowest BCUT2D eigenvalue weighted by Gasteiger charge is -2.06. The zero-order valence-corrected chi connectivity index (χ0v) is 20.4. The molecule has 174 valence electrons. The van der Waals surface area contributed by atoms with Crippen LogP contribution in [0.5, 0.6) is 5.75 Å². The van der Waals surface area contributed by atoms with Gasteiger partial charge in [-0.25, -0.2) is 9.37 Å². The van der Waals surface area contributed by atoms with Crippen LogP contribution in [-0.4, -0.2) is 40.5 Å². The lowest BCUT2D eigenvalue weighted by atomic mass is 10.1. The van der Waals surface area contributed by atoms with Crippen LogP contribution >= 0.6 is 23.1 Å². The number of halogens is 1. The number of thioether (sulfide) groups is 1. The fraction of sp³-hybridized carbons (Fsp3) is 0.200. The second kappa shape index (κ2) is 11.2. The van der Waals surface area contributed by atoms with E-state index in [9.17, 15) is 9.18 Å². The van der Waals surface area contributed by atoms with Crippen molar-refractivity contribution in [1.82, 2.24) is 20.5 Å². The molecule has 0 aliphatic rings. The van der Waals surface area contributed by atoms with Gasteiger partial charge in [0.2, 0.25) is 5.91 Å². The maximum Gasteiger partial charge on any atom is 0.230 e. The first-order valence-corrected chi connectivity index (χ1v) is 12.4. The summed E-state index contributed by atoms with van der Waals surface area (Å²) in [6, 6.07) is 17.8. The van der Waals surface area contributed by atoms with Crippen LogP contribution in [0.15, 0.2) is 65.7 Å². The van der Waals surface area contributed by atoms with Gasteiger partial charge in [0, 0.05) is 12.1 Å². The third-order valence-electron chi connectivity index (χ3n) is 5.01. The number of hydrogen-bond donors (Lipinski definition) is 1. The largest absolute Gasteiger partial charge is 0.497 e. The summed E-state index contributed by atoms with van der Waals surface area (Å²) in [5, 5.41) is 13.0. The lowest BCUT2D eigenvalue weighted by Crippen LogP contribution is -2.27. The number of carbonyl (C=O) groups excluding carboxylic acids is 1. The summed E-state index contributed by atoms with van der Waals surface area (Å²) in [6.07, 6.45) is 0.753. The molecule has 0 aliphatic heterocycles. The molecular formula is C25H23FN4O2S2. The summed E-state index contributed by atoms with van der Waals surface area (Å²) in [7, 11) is 1.64. The molecule has 0 saturated carbocycles. The van der Waals surface area contributed by atoms with E-state index < -0.39 is 0 Å². The van der Waals surface area contributed by atoms with Crippen molar-refractivity contribution in [3.05, 3.63) is 77.7 Å². The first kappa shape index (κ1) is 23.8. The fourth-order valence-electron chi connectivity index (χ4n) is 3.20. The van der Waals surface area contributed by atoms with Crippen molar-refractivity contribution in [2.45, 2.75) is 18.4 Å². The van der Waals surface area contributed by atoms with Crippen molar-refractivity contribution in [1.29, 1.82) is 0 Å². The number of aromatic nitrogens is 3. The number of amides is 1. The monoisotopic (exact) mass is 494 g/mol. The predicted octanol–water partition coefficient (Wildman–Crippen LogP) is 5.17. The lowest BCUT2D eigenvalue weighted by molar-refractivity contribution is -0.118. The normalized spacial score (nSPS) is 10.8. The van der Waals surface area contributed by atoms with Crippen LogP contribution in [0.25, 0.3) is 21.1 Å². The van der Waals surface area contributed by atoms with Gasteiger partial charge < -0.3 is 10.1 Å². The van der Waals surface area contributed by atoms with E-state index in [2.05, 4.69) is 20.5 Å². The molecule has 2 heterocycles. The molecule has 0 bridgehead atoms. The number of thiazole rings is 1. The number of benzene rings is 2. The van der Waals surface area contributed by atoms with E-state index in [4.69, 9.17) is 4.74 Å². The molecule has 0 unspecified atom stereocenters. The van der Waals surface area contributed by atoms with Crippen molar-refractivity contribution in [3.8, 4) is 26.9 Å². The molecule has 6 nitrogen and oxygen atoms in total. The van der Waals surface area contributed by atoms with Gasteiger partial charge in [-0.1, -0.05) is 23.9 Å². The Morgan fingerprint density at radius 3 is 2.50 bits per heavy atom. The molecule has 4 aromatic rings. The van der Waals surface area contributed by atoms with E-state index in [-0.39, 0.29) is 17.5 Å². The molecule has 1 amide bonds. The van der Waals surface area contributed by atoms with E-state index in [1.807, 2.05) is 43.3 Å². The number of ether oxygens (including phenoxy) is 1. The maximum atomic E-state index is 13.2.